The van der Waals surface area contributed by atoms with Crippen molar-refractivity contribution in [3.05, 3.63) is 247 Å². The number of rotatable bonds is 4. The van der Waals surface area contributed by atoms with Crippen molar-refractivity contribution in [2.24, 2.45) is 0 Å². The van der Waals surface area contributed by atoms with Gasteiger partial charge in [0.2, 0.25) is 0 Å². The number of thiophene rings is 1. The molecule has 13 aromatic rings. The number of nitrogens with zero attached hydrogens (tertiary/aromatic N) is 3. The molecule has 5 heteroatoms. The molecule has 0 N–H and O–H groups in total. The van der Waals surface area contributed by atoms with Gasteiger partial charge in [-0.25, -0.2) is 15.0 Å². The monoisotopic (exact) mass is 895 g/mol. The highest BCUT2D eigenvalue weighted by molar-refractivity contribution is 7.25. The van der Waals surface area contributed by atoms with Crippen LogP contribution in [0.15, 0.2) is 229 Å². The second kappa shape index (κ2) is 14.6. The molecule has 320 valence electrons. The average Bonchev–Trinajstić information content (AvgIpc) is 4.05. The average molecular weight is 896 g/mol. The fourth-order valence-electron chi connectivity index (χ4n) is 11.5. The summed E-state index contributed by atoms with van der Waals surface area (Å²) in [6, 6.07) is 81.2. The van der Waals surface area contributed by atoms with Gasteiger partial charge >= 0.3 is 0 Å². The first-order valence-corrected chi connectivity index (χ1v) is 24.2. The van der Waals surface area contributed by atoms with Crippen LogP contribution in [0, 0.1) is 0 Å². The van der Waals surface area contributed by atoms with Crippen LogP contribution in [-0.4, -0.2) is 15.0 Å². The van der Waals surface area contributed by atoms with Gasteiger partial charge in [-0.2, -0.15) is 0 Å². The van der Waals surface area contributed by atoms with Gasteiger partial charge in [0.15, 0.2) is 17.5 Å². The quantitative estimate of drug-likeness (QED) is 0.177. The standard InChI is InChI=1S/C64H37N3OS/c1-2-15-38(16-3-1)39-17-14-18-40(33-39)61-65-62(67-63(66-61)42-29-31-48-47-23-8-12-27-57(47)68-58(48)35-42)41-30-32-55-50(34-41)44-20-5-4-19-43(44)45-21-6-10-25-53(45)64(55)54-26-11-7-22-46(54)51-37-60-52(36-56(51)64)49-24-9-13-28-59(49)69-60/h1-37H. The predicted octanol–water partition coefficient (Wildman–Crippen LogP) is 16.8. The number of aromatic nitrogens is 3. The molecule has 1 spiro atoms. The van der Waals surface area contributed by atoms with Crippen LogP contribution in [0.2, 0.25) is 0 Å². The summed E-state index contributed by atoms with van der Waals surface area (Å²) in [6.07, 6.45) is 0. The maximum atomic E-state index is 6.41. The largest absolute Gasteiger partial charge is 0.456 e. The Morgan fingerprint density at radius 3 is 1.61 bits per heavy atom. The molecule has 0 aliphatic heterocycles. The molecular formula is C64H37N3OS. The molecule has 15 rings (SSSR count). The number of hydrogen-bond donors (Lipinski definition) is 0. The van der Waals surface area contributed by atoms with E-state index in [-0.39, 0.29) is 0 Å². The highest BCUT2D eigenvalue weighted by atomic mass is 32.1. The Hall–Kier alpha value is -8.77. The van der Waals surface area contributed by atoms with Crippen molar-refractivity contribution in [2.45, 2.75) is 5.41 Å². The molecule has 0 saturated heterocycles. The normalized spacial score (nSPS) is 14.4. The third-order valence-electron chi connectivity index (χ3n) is 14.6. The van der Waals surface area contributed by atoms with Gasteiger partial charge < -0.3 is 4.42 Å². The topological polar surface area (TPSA) is 51.8 Å². The molecule has 0 fully saturated rings. The molecule has 1 atom stereocenters. The summed E-state index contributed by atoms with van der Waals surface area (Å²) in [4.78, 5) is 16.0. The number of fused-ring (bicyclic) bond motifs is 18. The molecule has 0 amide bonds. The van der Waals surface area contributed by atoms with Crippen LogP contribution < -0.4 is 0 Å². The van der Waals surface area contributed by atoms with Gasteiger partial charge in [0.1, 0.15) is 11.2 Å². The Bertz CT molecular complexity index is 4280. The summed E-state index contributed by atoms with van der Waals surface area (Å²) in [5.41, 5.74) is 18.3. The zero-order valence-electron chi connectivity index (χ0n) is 37.0. The van der Waals surface area contributed by atoms with Crippen LogP contribution in [0.3, 0.4) is 0 Å². The lowest BCUT2D eigenvalue weighted by Crippen LogP contribution is -2.29. The highest BCUT2D eigenvalue weighted by Crippen LogP contribution is 2.62. The van der Waals surface area contributed by atoms with E-state index in [1.165, 1.54) is 70.2 Å². The summed E-state index contributed by atoms with van der Waals surface area (Å²) in [5, 5.41) is 4.73. The number of hydrogen-bond acceptors (Lipinski definition) is 5. The SMILES string of the molecule is c1ccc(-c2cccc(-c3nc(-c4ccc5c(c4)-c4ccccc4-c4ccccc4C54c5ccccc5-c5cc6sc7ccccc7c6cc54)nc(-c4ccc5c(c4)oc4ccccc45)n3)c2)cc1. The van der Waals surface area contributed by atoms with E-state index in [9.17, 15) is 0 Å². The van der Waals surface area contributed by atoms with E-state index < -0.39 is 5.41 Å². The van der Waals surface area contributed by atoms with Gasteiger partial charge in [-0.05, 0) is 115 Å². The Morgan fingerprint density at radius 1 is 0.290 bits per heavy atom. The van der Waals surface area contributed by atoms with Gasteiger partial charge in [-0.1, -0.05) is 176 Å². The minimum absolute atomic E-state index is 0.576. The van der Waals surface area contributed by atoms with E-state index in [1.807, 2.05) is 35.6 Å². The summed E-state index contributed by atoms with van der Waals surface area (Å²) in [7, 11) is 0. The zero-order valence-corrected chi connectivity index (χ0v) is 37.8. The Balaban J connectivity index is 0.998. The maximum absolute atomic E-state index is 6.41. The van der Waals surface area contributed by atoms with Crippen molar-refractivity contribution < 1.29 is 4.42 Å². The molecule has 3 aromatic heterocycles. The zero-order chi connectivity index (χ0) is 45.2. The molecule has 3 heterocycles. The smallest absolute Gasteiger partial charge is 0.164 e. The molecule has 10 aromatic carbocycles. The van der Waals surface area contributed by atoms with E-state index in [0.717, 1.165) is 55.3 Å². The third-order valence-corrected chi connectivity index (χ3v) is 15.7. The maximum Gasteiger partial charge on any atom is 0.164 e. The number of furan rings is 1. The first-order valence-electron chi connectivity index (χ1n) is 23.4. The van der Waals surface area contributed by atoms with Crippen LogP contribution in [0.1, 0.15) is 22.3 Å². The van der Waals surface area contributed by atoms with E-state index >= 15 is 0 Å². The molecule has 69 heavy (non-hydrogen) atoms. The highest BCUT2D eigenvalue weighted by Gasteiger charge is 2.50. The lowest BCUT2D eigenvalue weighted by molar-refractivity contribution is 0.669. The Kier molecular flexibility index (Phi) is 8.12. The lowest BCUT2D eigenvalue weighted by atomic mass is 9.65. The van der Waals surface area contributed by atoms with Crippen molar-refractivity contribution >= 4 is 53.4 Å². The molecule has 0 saturated carbocycles. The molecular weight excluding hydrogens is 859 g/mol. The molecule has 2 aliphatic rings. The first-order chi connectivity index (χ1) is 34.2. The molecule has 0 radical (unpaired) electrons. The van der Waals surface area contributed by atoms with Gasteiger partial charge in [0.05, 0.1) is 5.41 Å². The van der Waals surface area contributed by atoms with E-state index in [4.69, 9.17) is 19.4 Å². The van der Waals surface area contributed by atoms with E-state index in [0.29, 0.717) is 17.5 Å². The molecule has 2 aliphatic carbocycles. The summed E-state index contributed by atoms with van der Waals surface area (Å²) in [5.74, 6) is 1.77. The fraction of sp³-hybridized carbons (Fsp3) is 0.0156. The van der Waals surface area contributed by atoms with Crippen LogP contribution in [0.5, 0.6) is 0 Å². The van der Waals surface area contributed by atoms with Crippen molar-refractivity contribution in [1.29, 1.82) is 0 Å². The van der Waals surface area contributed by atoms with Crippen LogP contribution in [0.4, 0.5) is 0 Å². The molecule has 4 nitrogen and oxygen atoms in total. The second-order valence-corrected chi connectivity index (χ2v) is 19.3. The number of benzene rings is 10. The summed E-state index contributed by atoms with van der Waals surface area (Å²) < 4.78 is 9.02. The van der Waals surface area contributed by atoms with Gasteiger partial charge in [0.25, 0.3) is 0 Å². The van der Waals surface area contributed by atoms with Gasteiger partial charge in [-0.15, -0.1) is 11.3 Å². The Morgan fingerprint density at radius 2 is 0.826 bits per heavy atom. The lowest BCUT2D eigenvalue weighted by Gasteiger charge is -2.35. The van der Waals surface area contributed by atoms with Crippen molar-refractivity contribution in [1.82, 2.24) is 15.0 Å². The Labute approximate surface area is 401 Å². The van der Waals surface area contributed by atoms with Crippen LogP contribution in [-0.2, 0) is 5.41 Å². The minimum atomic E-state index is -0.637. The van der Waals surface area contributed by atoms with Crippen molar-refractivity contribution in [3.8, 4) is 78.7 Å². The summed E-state index contributed by atoms with van der Waals surface area (Å²) in [6.45, 7) is 0. The minimum Gasteiger partial charge on any atom is -0.456 e. The van der Waals surface area contributed by atoms with Crippen LogP contribution in [0.25, 0.3) is 121 Å². The third kappa shape index (κ3) is 5.59. The van der Waals surface area contributed by atoms with Gasteiger partial charge in [0, 0.05) is 47.6 Å². The number of para-hydroxylation sites is 1. The van der Waals surface area contributed by atoms with E-state index in [1.54, 1.807) is 0 Å². The predicted molar refractivity (Wildman–Crippen MR) is 283 cm³/mol. The first kappa shape index (κ1) is 38.3. The van der Waals surface area contributed by atoms with Crippen molar-refractivity contribution in [2.75, 3.05) is 0 Å². The molecule has 1 unspecified atom stereocenters. The van der Waals surface area contributed by atoms with Crippen LogP contribution >= 0.6 is 11.3 Å². The second-order valence-electron chi connectivity index (χ2n) is 18.2. The van der Waals surface area contributed by atoms with Crippen molar-refractivity contribution in [3.63, 3.8) is 0 Å². The molecule has 0 bridgehead atoms. The van der Waals surface area contributed by atoms with Gasteiger partial charge in [-0.3, -0.25) is 0 Å². The fourth-order valence-corrected chi connectivity index (χ4v) is 12.7. The summed E-state index contributed by atoms with van der Waals surface area (Å²) >= 11 is 1.88. The van der Waals surface area contributed by atoms with E-state index in [2.05, 4.69) is 200 Å².